The van der Waals surface area contributed by atoms with E-state index in [0.717, 1.165) is 12.8 Å². The fourth-order valence-corrected chi connectivity index (χ4v) is 2.97. The summed E-state index contributed by atoms with van der Waals surface area (Å²) in [5, 5.41) is 0.611. The van der Waals surface area contributed by atoms with Gasteiger partial charge >= 0.3 is 0 Å². The normalized spacial score (nSPS) is 15.7. The SMILES string of the molecule is CN(C(=O)CCC(=O)c1ccc(Cl)cc1)C1CCCCC1. The maximum Gasteiger partial charge on any atom is 0.223 e. The molecule has 3 nitrogen and oxygen atoms in total. The zero-order valence-corrected chi connectivity index (χ0v) is 13.2. The summed E-state index contributed by atoms with van der Waals surface area (Å²) in [6.07, 6.45) is 6.40. The van der Waals surface area contributed by atoms with Crippen LogP contribution in [0.2, 0.25) is 5.02 Å². The molecule has 0 aliphatic heterocycles. The van der Waals surface area contributed by atoms with Crippen LogP contribution in [0, 0.1) is 0 Å². The van der Waals surface area contributed by atoms with Crippen molar-refractivity contribution in [2.45, 2.75) is 51.0 Å². The zero-order chi connectivity index (χ0) is 15.2. The van der Waals surface area contributed by atoms with Crippen molar-refractivity contribution in [2.24, 2.45) is 0 Å². The Morgan fingerprint density at radius 3 is 2.33 bits per heavy atom. The second-order valence-corrected chi connectivity index (χ2v) is 6.16. The van der Waals surface area contributed by atoms with E-state index in [1.165, 1.54) is 19.3 Å². The smallest absolute Gasteiger partial charge is 0.223 e. The van der Waals surface area contributed by atoms with Crippen molar-refractivity contribution in [3.8, 4) is 0 Å². The Balaban J connectivity index is 1.82. The molecule has 1 saturated carbocycles. The van der Waals surface area contributed by atoms with Gasteiger partial charge in [0.2, 0.25) is 5.91 Å². The summed E-state index contributed by atoms with van der Waals surface area (Å²) in [6, 6.07) is 7.17. The molecule has 4 heteroatoms. The van der Waals surface area contributed by atoms with Gasteiger partial charge in [-0.3, -0.25) is 9.59 Å². The van der Waals surface area contributed by atoms with E-state index in [1.54, 1.807) is 24.3 Å². The topological polar surface area (TPSA) is 37.4 Å². The van der Waals surface area contributed by atoms with E-state index in [0.29, 0.717) is 16.6 Å². The quantitative estimate of drug-likeness (QED) is 0.768. The molecule has 2 rings (SSSR count). The van der Waals surface area contributed by atoms with Crippen molar-refractivity contribution >= 4 is 23.3 Å². The van der Waals surface area contributed by atoms with Gasteiger partial charge in [0.05, 0.1) is 0 Å². The van der Waals surface area contributed by atoms with Gasteiger partial charge in [0, 0.05) is 36.5 Å². The molecule has 0 spiro atoms. The number of Topliss-reactive ketones (excluding diaryl/α,β-unsaturated/α-hetero) is 1. The van der Waals surface area contributed by atoms with Gasteiger partial charge in [0.1, 0.15) is 0 Å². The summed E-state index contributed by atoms with van der Waals surface area (Å²) in [5.74, 6) is 0.0706. The maximum absolute atomic E-state index is 12.2. The molecule has 1 aliphatic rings. The molecular formula is C17H22ClNO2. The van der Waals surface area contributed by atoms with Crippen LogP contribution in [0.15, 0.2) is 24.3 Å². The number of carbonyl (C=O) groups excluding carboxylic acids is 2. The lowest BCUT2D eigenvalue weighted by atomic mass is 9.94. The Bertz CT molecular complexity index is 492. The zero-order valence-electron chi connectivity index (χ0n) is 12.5. The Hall–Kier alpha value is -1.35. The lowest BCUT2D eigenvalue weighted by Gasteiger charge is -2.31. The molecule has 0 radical (unpaired) electrons. The Labute approximate surface area is 131 Å². The molecule has 0 aromatic heterocycles. The minimum Gasteiger partial charge on any atom is -0.343 e. The van der Waals surface area contributed by atoms with E-state index in [4.69, 9.17) is 11.6 Å². The van der Waals surface area contributed by atoms with E-state index in [9.17, 15) is 9.59 Å². The third kappa shape index (κ3) is 4.57. The third-order valence-electron chi connectivity index (χ3n) is 4.25. The summed E-state index contributed by atoms with van der Waals surface area (Å²) in [4.78, 5) is 26.1. The van der Waals surface area contributed by atoms with Crippen LogP contribution in [-0.2, 0) is 4.79 Å². The lowest BCUT2D eigenvalue weighted by molar-refractivity contribution is -0.132. The molecule has 0 saturated heterocycles. The second-order valence-electron chi connectivity index (χ2n) is 5.73. The van der Waals surface area contributed by atoms with Crippen LogP contribution in [0.5, 0.6) is 0 Å². The van der Waals surface area contributed by atoms with Crippen LogP contribution in [0.3, 0.4) is 0 Å². The number of amides is 1. The average molecular weight is 308 g/mol. The van der Waals surface area contributed by atoms with E-state index in [2.05, 4.69) is 0 Å². The molecule has 21 heavy (non-hydrogen) atoms. The number of ketones is 1. The molecule has 1 aromatic carbocycles. The van der Waals surface area contributed by atoms with Crippen molar-refractivity contribution in [1.29, 1.82) is 0 Å². The van der Waals surface area contributed by atoms with Crippen molar-refractivity contribution in [3.05, 3.63) is 34.9 Å². The number of hydrogen-bond acceptors (Lipinski definition) is 2. The molecule has 114 valence electrons. The van der Waals surface area contributed by atoms with Crippen molar-refractivity contribution in [1.82, 2.24) is 4.90 Å². The highest BCUT2D eigenvalue weighted by atomic mass is 35.5. The molecule has 1 fully saturated rings. The number of carbonyl (C=O) groups is 2. The molecule has 0 atom stereocenters. The minimum absolute atomic E-state index is 0.00272. The van der Waals surface area contributed by atoms with Crippen LogP contribution in [0.1, 0.15) is 55.3 Å². The van der Waals surface area contributed by atoms with E-state index >= 15 is 0 Å². The molecule has 1 amide bonds. The van der Waals surface area contributed by atoms with Gasteiger partial charge in [-0.05, 0) is 37.1 Å². The van der Waals surface area contributed by atoms with Crippen LogP contribution >= 0.6 is 11.6 Å². The minimum atomic E-state index is -0.00272. The number of nitrogens with zero attached hydrogens (tertiary/aromatic N) is 1. The fourth-order valence-electron chi connectivity index (χ4n) is 2.85. The van der Waals surface area contributed by atoms with Gasteiger partial charge in [0.25, 0.3) is 0 Å². The highest BCUT2D eigenvalue weighted by Gasteiger charge is 2.22. The van der Waals surface area contributed by atoms with Crippen molar-refractivity contribution in [2.75, 3.05) is 7.05 Å². The molecule has 0 N–H and O–H groups in total. The number of halogens is 1. The van der Waals surface area contributed by atoms with Crippen LogP contribution in [0.25, 0.3) is 0 Å². The standard InChI is InChI=1S/C17H22ClNO2/c1-19(15-5-3-2-4-6-15)17(21)12-11-16(20)13-7-9-14(18)10-8-13/h7-10,15H,2-6,11-12H2,1H3. The number of hydrogen-bond donors (Lipinski definition) is 0. The number of benzene rings is 1. The largest absolute Gasteiger partial charge is 0.343 e. The predicted octanol–water partition coefficient (Wildman–Crippen LogP) is 4.09. The Morgan fingerprint density at radius 2 is 1.71 bits per heavy atom. The van der Waals surface area contributed by atoms with E-state index in [1.807, 2.05) is 11.9 Å². The van der Waals surface area contributed by atoms with Gasteiger partial charge in [-0.15, -0.1) is 0 Å². The molecule has 0 unspecified atom stereocenters. The monoisotopic (exact) mass is 307 g/mol. The first-order valence-electron chi connectivity index (χ1n) is 7.62. The van der Waals surface area contributed by atoms with Gasteiger partial charge in [-0.1, -0.05) is 30.9 Å². The van der Waals surface area contributed by atoms with Crippen LogP contribution < -0.4 is 0 Å². The maximum atomic E-state index is 12.2. The van der Waals surface area contributed by atoms with Gasteiger partial charge in [-0.2, -0.15) is 0 Å². The summed E-state index contributed by atoms with van der Waals surface area (Å²) >= 11 is 5.80. The number of rotatable bonds is 5. The van der Waals surface area contributed by atoms with E-state index in [-0.39, 0.29) is 24.5 Å². The lowest BCUT2D eigenvalue weighted by Crippen LogP contribution is -2.38. The average Bonchev–Trinajstić information content (AvgIpc) is 2.53. The molecule has 1 aliphatic carbocycles. The van der Waals surface area contributed by atoms with Crippen molar-refractivity contribution < 1.29 is 9.59 Å². The van der Waals surface area contributed by atoms with Gasteiger partial charge in [-0.25, -0.2) is 0 Å². The third-order valence-corrected chi connectivity index (χ3v) is 4.50. The first-order valence-corrected chi connectivity index (χ1v) is 8.00. The molecule has 1 aromatic rings. The molecular weight excluding hydrogens is 286 g/mol. The first kappa shape index (κ1) is 16.0. The fraction of sp³-hybridized carbons (Fsp3) is 0.529. The highest BCUT2D eigenvalue weighted by Crippen LogP contribution is 2.22. The molecule has 0 heterocycles. The Kier molecular flexibility index (Phi) is 5.80. The summed E-state index contributed by atoms with van der Waals surface area (Å²) < 4.78 is 0. The molecule has 0 bridgehead atoms. The first-order chi connectivity index (χ1) is 10.1. The second kappa shape index (κ2) is 7.60. The predicted molar refractivity (Wildman–Crippen MR) is 84.7 cm³/mol. The van der Waals surface area contributed by atoms with Crippen LogP contribution in [-0.4, -0.2) is 29.7 Å². The van der Waals surface area contributed by atoms with E-state index < -0.39 is 0 Å². The van der Waals surface area contributed by atoms with Crippen LogP contribution in [0.4, 0.5) is 0 Å². The van der Waals surface area contributed by atoms with Crippen molar-refractivity contribution in [3.63, 3.8) is 0 Å². The van der Waals surface area contributed by atoms with Gasteiger partial charge in [0.15, 0.2) is 5.78 Å². The highest BCUT2D eigenvalue weighted by molar-refractivity contribution is 6.30. The summed E-state index contributed by atoms with van der Waals surface area (Å²) in [7, 11) is 1.87. The van der Waals surface area contributed by atoms with Gasteiger partial charge < -0.3 is 4.90 Å². The Morgan fingerprint density at radius 1 is 1.10 bits per heavy atom. The summed E-state index contributed by atoms with van der Waals surface area (Å²) in [6.45, 7) is 0. The summed E-state index contributed by atoms with van der Waals surface area (Å²) in [5.41, 5.74) is 0.618.